The molecule has 0 bridgehead atoms. The van der Waals surface area contributed by atoms with E-state index in [1.165, 1.54) is 0 Å². The summed E-state index contributed by atoms with van der Waals surface area (Å²) in [5.41, 5.74) is 8.32. The van der Waals surface area contributed by atoms with Crippen molar-refractivity contribution in [3.05, 3.63) is 63.2 Å². The maximum Gasteiger partial charge on any atom is 0.335 e. The van der Waals surface area contributed by atoms with Gasteiger partial charge in [0.1, 0.15) is 0 Å². The van der Waals surface area contributed by atoms with Crippen molar-refractivity contribution < 1.29 is 9.90 Å². The van der Waals surface area contributed by atoms with Crippen molar-refractivity contribution in [2.45, 2.75) is 6.54 Å². The highest BCUT2D eigenvalue weighted by molar-refractivity contribution is 14.1. The monoisotopic (exact) mass is 368 g/mol. The summed E-state index contributed by atoms with van der Waals surface area (Å²) in [7, 11) is 0. The first kappa shape index (κ1) is 13.8. The molecule has 2 aromatic carbocycles. The highest BCUT2D eigenvalue weighted by Gasteiger charge is 2.05. The van der Waals surface area contributed by atoms with E-state index in [0.717, 1.165) is 14.8 Å². The molecule has 5 heteroatoms. The van der Waals surface area contributed by atoms with E-state index in [9.17, 15) is 4.79 Å². The Balaban J connectivity index is 1.98. The third-order valence-electron chi connectivity index (χ3n) is 2.50. The Morgan fingerprint density at radius 2 is 1.89 bits per heavy atom. The van der Waals surface area contributed by atoms with Crippen molar-refractivity contribution in [1.29, 1.82) is 0 Å². The Morgan fingerprint density at radius 3 is 2.58 bits per heavy atom. The number of hydrogen-bond acceptors (Lipinski definition) is 3. The van der Waals surface area contributed by atoms with E-state index >= 15 is 0 Å². The lowest BCUT2D eigenvalue weighted by atomic mass is 10.1. The molecule has 2 aromatic rings. The van der Waals surface area contributed by atoms with Gasteiger partial charge in [0, 0.05) is 15.8 Å². The minimum atomic E-state index is -0.907. The highest BCUT2D eigenvalue weighted by Crippen LogP contribution is 2.13. The van der Waals surface area contributed by atoms with Crippen LogP contribution < -0.4 is 10.9 Å². The molecule has 98 valence electrons. The molecule has 0 aliphatic carbocycles. The van der Waals surface area contributed by atoms with E-state index in [-0.39, 0.29) is 0 Å². The molecule has 0 aliphatic heterocycles. The number of para-hydroxylation sites is 1. The summed E-state index contributed by atoms with van der Waals surface area (Å²) in [6.07, 6.45) is 0. The molecule has 0 aromatic heterocycles. The maximum atomic E-state index is 11.0. The minimum absolute atomic E-state index is 0.309. The normalized spacial score (nSPS) is 10.2. The van der Waals surface area contributed by atoms with Crippen LogP contribution in [0.3, 0.4) is 0 Å². The average Bonchev–Trinajstić information content (AvgIpc) is 2.39. The van der Waals surface area contributed by atoms with Crippen molar-refractivity contribution in [2.75, 3.05) is 5.43 Å². The van der Waals surface area contributed by atoms with Gasteiger partial charge < -0.3 is 10.5 Å². The van der Waals surface area contributed by atoms with Crippen LogP contribution in [0.25, 0.3) is 0 Å². The fourth-order valence-corrected chi connectivity index (χ4v) is 2.38. The standard InChI is InChI=1S/C14H13IN2O2/c15-12-7-10(6-11(8-12)14(18)19)9-16-17-13-4-2-1-3-5-13/h1-8,16-17H,9H2,(H,18,19). The summed E-state index contributed by atoms with van der Waals surface area (Å²) < 4.78 is 0.911. The van der Waals surface area contributed by atoms with Gasteiger partial charge in [0.25, 0.3) is 0 Å². The maximum absolute atomic E-state index is 11.0. The van der Waals surface area contributed by atoms with Gasteiger partial charge in [0.05, 0.1) is 5.56 Å². The molecule has 3 N–H and O–H groups in total. The lowest BCUT2D eigenvalue weighted by molar-refractivity contribution is 0.0696. The lowest BCUT2D eigenvalue weighted by Crippen LogP contribution is -2.21. The zero-order valence-corrected chi connectivity index (χ0v) is 12.2. The third-order valence-corrected chi connectivity index (χ3v) is 3.13. The Hall–Kier alpha value is -1.60. The van der Waals surface area contributed by atoms with Crippen LogP contribution in [0.2, 0.25) is 0 Å². The number of halogens is 1. The largest absolute Gasteiger partial charge is 0.478 e. The number of nitrogens with one attached hydrogen (secondary N) is 2. The molecule has 2 rings (SSSR count). The van der Waals surface area contributed by atoms with Crippen molar-refractivity contribution in [3.63, 3.8) is 0 Å². The molecule has 0 amide bonds. The number of rotatable bonds is 5. The van der Waals surface area contributed by atoms with E-state index in [1.807, 2.05) is 36.4 Å². The number of benzene rings is 2. The molecule has 0 unspecified atom stereocenters. The van der Waals surface area contributed by atoms with Gasteiger partial charge in [-0.1, -0.05) is 18.2 Å². The van der Waals surface area contributed by atoms with Gasteiger partial charge in [-0.15, -0.1) is 0 Å². The van der Waals surface area contributed by atoms with Crippen LogP contribution in [0, 0.1) is 3.57 Å². The van der Waals surface area contributed by atoms with Crippen molar-refractivity contribution in [3.8, 4) is 0 Å². The summed E-state index contributed by atoms with van der Waals surface area (Å²) in [6.45, 7) is 0.548. The molecule has 0 heterocycles. The van der Waals surface area contributed by atoms with Crippen molar-refractivity contribution in [1.82, 2.24) is 5.43 Å². The van der Waals surface area contributed by atoms with E-state index in [2.05, 4.69) is 33.4 Å². The molecule has 0 atom stereocenters. The van der Waals surface area contributed by atoms with Gasteiger partial charge in [-0.05, 0) is 58.5 Å². The average molecular weight is 368 g/mol. The number of hydrazine groups is 1. The number of carboxylic acid groups (broad SMARTS) is 1. The van der Waals surface area contributed by atoms with E-state index in [4.69, 9.17) is 5.11 Å². The molecule has 0 spiro atoms. The van der Waals surface area contributed by atoms with Crippen LogP contribution in [0.15, 0.2) is 48.5 Å². The second-order valence-electron chi connectivity index (χ2n) is 4.00. The highest BCUT2D eigenvalue weighted by atomic mass is 127. The van der Waals surface area contributed by atoms with Crippen LogP contribution in [0.1, 0.15) is 15.9 Å². The van der Waals surface area contributed by atoms with Gasteiger partial charge in [0.2, 0.25) is 0 Å². The molecule has 0 radical (unpaired) electrons. The summed E-state index contributed by atoms with van der Waals surface area (Å²) in [4.78, 5) is 11.0. The first-order chi connectivity index (χ1) is 9.15. The van der Waals surface area contributed by atoms with Crippen LogP contribution in [0.5, 0.6) is 0 Å². The van der Waals surface area contributed by atoms with E-state index < -0.39 is 5.97 Å². The Morgan fingerprint density at radius 1 is 1.16 bits per heavy atom. The molecule has 0 fully saturated rings. The SMILES string of the molecule is O=C(O)c1cc(I)cc(CNNc2ccccc2)c1. The summed E-state index contributed by atoms with van der Waals surface area (Å²) >= 11 is 2.12. The Kier molecular flexibility index (Phi) is 4.75. The number of carboxylic acids is 1. The Labute approximate surface area is 125 Å². The molecular weight excluding hydrogens is 355 g/mol. The summed E-state index contributed by atoms with van der Waals surface area (Å²) in [5, 5.41) is 9.00. The summed E-state index contributed by atoms with van der Waals surface area (Å²) in [6, 6.07) is 15.0. The smallest absolute Gasteiger partial charge is 0.335 e. The predicted octanol–water partition coefficient (Wildman–Crippen LogP) is 3.11. The quantitative estimate of drug-likeness (QED) is 0.561. The van der Waals surface area contributed by atoms with Crippen LogP contribution in [0.4, 0.5) is 5.69 Å². The molecular formula is C14H13IN2O2. The topological polar surface area (TPSA) is 61.4 Å². The third kappa shape index (κ3) is 4.22. The fourth-order valence-electron chi connectivity index (χ4n) is 1.65. The van der Waals surface area contributed by atoms with Gasteiger partial charge in [-0.25, -0.2) is 10.2 Å². The van der Waals surface area contributed by atoms with Gasteiger partial charge in [-0.2, -0.15) is 0 Å². The zero-order chi connectivity index (χ0) is 13.7. The first-order valence-corrected chi connectivity index (χ1v) is 6.80. The summed E-state index contributed by atoms with van der Waals surface area (Å²) in [5.74, 6) is -0.907. The number of carbonyl (C=O) groups is 1. The number of aromatic carboxylic acids is 1. The van der Waals surface area contributed by atoms with Crippen LogP contribution in [-0.2, 0) is 6.54 Å². The lowest BCUT2D eigenvalue weighted by Gasteiger charge is -2.09. The van der Waals surface area contributed by atoms with Crippen LogP contribution >= 0.6 is 22.6 Å². The minimum Gasteiger partial charge on any atom is -0.478 e. The number of hydrogen-bond donors (Lipinski definition) is 3. The van der Waals surface area contributed by atoms with Gasteiger partial charge >= 0.3 is 5.97 Å². The van der Waals surface area contributed by atoms with Crippen LogP contribution in [-0.4, -0.2) is 11.1 Å². The first-order valence-electron chi connectivity index (χ1n) is 5.72. The van der Waals surface area contributed by atoms with Crippen molar-refractivity contribution >= 4 is 34.2 Å². The molecule has 0 saturated heterocycles. The second kappa shape index (κ2) is 6.53. The van der Waals surface area contributed by atoms with E-state index in [1.54, 1.807) is 12.1 Å². The molecule has 0 aliphatic rings. The van der Waals surface area contributed by atoms with Gasteiger partial charge in [-0.3, -0.25) is 0 Å². The Bertz CT molecular complexity index is 573. The number of anilines is 1. The van der Waals surface area contributed by atoms with Gasteiger partial charge in [0.15, 0.2) is 0 Å². The second-order valence-corrected chi connectivity index (χ2v) is 5.24. The molecule has 4 nitrogen and oxygen atoms in total. The zero-order valence-electron chi connectivity index (χ0n) is 10.1. The van der Waals surface area contributed by atoms with E-state index in [0.29, 0.717) is 12.1 Å². The molecule has 0 saturated carbocycles. The fraction of sp³-hybridized carbons (Fsp3) is 0.0714. The predicted molar refractivity (Wildman–Crippen MR) is 83.0 cm³/mol. The molecule has 19 heavy (non-hydrogen) atoms. The van der Waals surface area contributed by atoms with Crippen molar-refractivity contribution in [2.24, 2.45) is 0 Å².